The van der Waals surface area contributed by atoms with Gasteiger partial charge < -0.3 is 9.26 Å². The quantitative estimate of drug-likeness (QED) is 0.766. The van der Waals surface area contributed by atoms with Gasteiger partial charge in [0.05, 0.1) is 11.6 Å². The maximum absolute atomic E-state index is 11.7. The van der Waals surface area contributed by atoms with E-state index in [2.05, 4.69) is 9.88 Å². The van der Waals surface area contributed by atoms with E-state index in [0.717, 1.165) is 42.6 Å². The second-order valence-corrected chi connectivity index (χ2v) is 11.7. The normalized spacial score (nSPS) is 33.8. The Labute approximate surface area is 171 Å². The third-order valence-corrected chi connectivity index (χ3v) is 8.11. The van der Waals surface area contributed by atoms with E-state index in [-0.39, 0.29) is 5.82 Å². The molecule has 3 atom stereocenters. The predicted molar refractivity (Wildman–Crippen MR) is 111 cm³/mol. The lowest BCUT2D eigenvalue weighted by Gasteiger charge is -2.38. The van der Waals surface area contributed by atoms with Crippen molar-refractivity contribution in [2.75, 3.05) is 11.0 Å². The second-order valence-electron chi connectivity index (χ2n) is 9.99. The highest BCUT2D eigenvalue weighted by Gasteiger charge is 2.45. The van der Waals surface area contributed by atoms with Gasteiger partial charge in [-0.25, -0.2) is 8.42 Å². The summed E-state index contributed by atoms with van der Waals surface area (Å²) in [6.45, 7) is 0. The highest BCUT2D eigenvalue weighted by molar-refractivity contribution is 7.92. The van der Waals surface area contributed by atoms with Crippen LogP contribution in [0.1, 0.15) is 62.8 Å². The van der Waals surface area contributed by atoms with E-state index in [1.54, 1.807) is 0 Å². The lowest BCUT2D eigenvalue weighted by Crippen LogP contribution is -2.31. The number of fused-ring (bicyclic) bond motifs is 2. The van der Waals surface area contributed by atoms with E-state index in [9.17, 15) is 8.42 Å². The summed E-state index contributed by atoms with van der Waals surface area (Å²) in [5.41, 5.74) is 1.76. The van der Waals surface area contributed by atoms with Crippen molar-refractivity contribution in [3.05, 3.63) is 17.7 Å². The molecule has 7 rings (SSSR count). The molecular weight excluding hydrogens is 388 g/mol. The lowest BCUT2D eigenvalue weighted by molar-refractivity contribution is 0.0844. The molecule has 0 amide bonds. The minimum Gasteiger partial charge on any atom is -0.490 e. The third-order valence-electron chi connectivity index (χ3n) is 7.54. The van der Waals surface area contributed by atoms with E-state index >= 15 is 0 Å². The molecule has 5 saturated carbocycles. The molecule has 5 aliphatic rings. The zero-order chi connectivity index (χ0) is 19.8. The van der Waals surface area contributed by atoms with Gasteiger partial charge in [0, 0.05) is 6.07 Å². The molecule has 4 bridgehead atoms. The first kappa shape index (κ1) is 18.0. The largest absolute Gasteiger partial charge is 0.490 e. The van der Waals surface area contributed by atoms with Gasteiger partial charge in [-0.05, 0) is 92.6 Å². The van der Waals surface area contributed by atoms with Gasteiger partial charge in [-0.1, -0.05) is 5.16 Å². The average Bonchev–Trinajstić information content (AvgIpc) is 3.44. The van der Waals surface area contributed by atoms with E-state index in [0.29, 0.717) is 28.9 Å². The molecule has 0 saturated heterocycles. The number of aromatic nitrogens is 1. The van der Waals surface area contributed by atoms with Crippen LogP contribution in [-0.4, -0.2) is 25.9 Å². The molecule has 1 aromatic carbocycles. The van der Waals surface area contributed by atoms with Crippen molar-refractivity contribution in [3.63, 3.8) is 0 Å². The van der Waals surface area contributed by atoms with Crippen molar-refractivity contribution in [2.24, 2.45) is 23.7 Å². The van der Waals surface area contributed by atoms with Crippen LogP contribution in [0.15, 0.2) is 16.7 Å². The van der Waals surface area contributed by atoms with Gasteiger partial charge in [0.1, 0.15) is 11.9 Å². The maximum atomic E-state index is 11.7. The number of hydrogen-bond donors (Lipinski definition) is 1. The molecule has 0 spiro atoms. The van der Waals surface area contributed by atoms with Crippen LogP contribution in [0.25, 0.3) is 11.0 Å². The van der Waals surface area contributed by atoms with E-state index in [1.165, 1.54) is 44.1 Å². The third kappa shape index (κ3) is 3.41. The average molecular weight is 417 g/mol. The van der Waals surface area contributed by atoms with Crippen molar-refractivity contribution in [1.82, 2.24) is 5.16 Å². The maximum Gasteiger partial charge on any atom is 0.231 e. The zero-order valence-corrected chi connectivity index (χ0v) is 17.6. The molecule has 2 aromatic rings. The van der Waals surface area contributed by atoms with Crippen molar-refractivity contribution in [2.45, 2.75) is 63.4 Å². The molecule has 7 heteroatoms. The number of hydrogen-bond acceptors (Lipinski definition) is 5. The molecule has 5 fully saturated rings. The Morgan fingerprint density at radius 2 is 1.72 bits per heavy atom. The SMILES string of the molecule is CS(=O)(=O)Nc1noc2cc(OC3CC4CC5CC(C4)CC3C5)c(C3CC3)cc12. The number of nitrogens with one attached hydrogen (secondary N) is 1. The number of nitrogens with zero attached hydrogens (tertiary/aromatic N) is 1. The van der Waals surface area contributed by atoms with Crippen LogP contribution in [-0.2, 0) is 10.0 Å². The molecule has 6 nitrogen and oxygen atoms in total. The Kier molecular flexibility index (Phi) is 3.96. The Balaban J connectivity index is 1.35. The summed E-state index contributed by atoms with van der Waals surface area (Å²) in [5.74, 6) is 5.00. The molecule has 156 valence electrons. The summed E-state index contributed by atoms with van der Waals surface area (Å²) in [4.78, 5) is 0. The minimum atomic E-state index is -3.41. The topological polar surface area (TPSA) is 81.4 Å². The highest BCUT2D eigenvalue weighted by atomic mass is 32.2. The molecular formula is C22H28N2O4S. The fourth-order valence-electron chi connectivity index (χ4n) is 6.41. The van der Waals surface area contributed by atoms with E-state index in [1.807, 2.05) is 12.1 Å². The first-order valence-electron chi connectivity index (χ1n) is 11.0. The van der Waals surface area contributed by atoms with Crippen LogP contribution in [0.4, 0.5) is 5.82 Å². The predicted octanol–water partition coefficient (Wildman–Crippen LogP) is 4.67. The number of anilines is 1. The van der Waals surface area contributed by atoms with Gasteiger partial charge in [-0.15, -0.1) is 0 Å². The summed E-state index contributed by atoms with van der Waals surface area (Å²) in [6.07, 6.45) is 11.8. The molecule has 1 N–H and O–H groups in total. The molecule has 1 heterocycles. The van der Waals surface area contributed by atoms with Gasteiger partial charge in [0.25, 0.3) is 0 Å². The summed E-state index contributed by atoms with van der Waals surface area (Å²) in [7, 11) is -3.41. The lowest BCUT2D eigenvalue weighted by atomic mass is 9.68. The second kappa shape index (κ2) is 6.37. The number of benzene rings is 1. The Morgan fingerprint density at radius 1 is 1.03 bits per heavy atom. The van der Waals surface area contributed by atoms with Crippen LogP contribution in [0, 0.1) is 23.7 Å². The Morgan fingerprint density at radius 3 is 2.38 bits per heavy atom. The van der Waals surface area contributed by atoms with Gasteiger partial charge >= 0.3 is 0 Å². The first-order chi connectivity index (χ1) is 13.9. The first-order valence-corrected chi connectivity index (χ1v) is 12.9. The van der Waals surface area contributed by atoms with E-state index < -0.39 is 10.0 Å². The van der Waals surface area contributed by atoms with Crippen LogP contribution < -0.4 is 9.46 Å². The molecule has 1 aromatic heterocycles. The smallest absolute Gasteiger partial charge is 0.231 e. The monoisotopic (exact) mass is 416 g/mol. The Bertz CT molecular complexity index is 1040. The van der Waals surface area contributed by atoms with Crippen LogP contribution in [0.2, 0.25) is 0 Å². The number of sulfonamides is 1. The van der Waals surface area contributed by atoms with Crippen molar-refractivity contribution in [3.8, 4) is 5.75 Å². The Hall–Kier alpha value is -1.76. The van der Waals surface area contributed by atoms with Crippen molar-refractivity contribution >= 4 is 26.8 Å². The van der Waals surface area contributed by atoms with Crippen LogP contribution >= 0.6 is 0 Å². The highest BCUT2D eigenvalue weighted by Crippen LogP contribution is 2.53. The molecule has 0 aliphatic heterocycles. The van der Waals surface area contributed by atoms with Crippen LogP contribution in [0.3, 0.4) is 0 Å². The standard InChI is InChI=1S/C22H28N2O4S/c1-29(25,26)24-22-18-10-17(15-2-3-15)20(11-21(18)28-23-22)27-19-9-14-5-12-4-13(6-14)8-16(19)7-12/h10-16,19H,2-9H2,1H3,(H,23,24). The zero-order valence-electron chi connectivity index (χ0n) is 16.8. The number of ether oxygens (including phenoxy) is 1. The number of rotatable bonds is 5. The van der Waals surface area contributed by atoms with Crippen molar-refractivity contribution in [1.29, 1.82) is 0 Å². The van der Waals surface area contributed by atoms with Gasteiger partial charge in [0.2, 0.25) is 10.0 Å². The van der Waals surface area contributed by atoms with Gasteiger partial charge in [0.15, 0.2) is 11.4 Å². The summed E-state index contributed by atoms with van der Waals surface area (Å²) in [6, 6.07) is 3.98. The van der Waals surface area contributed by atoms with Gasteiger partial charge in [-0.2, -0.15) is 0 Å². The molecule has 0 radical (unpaired) electrons. The van der Waals surface area contributed by atoms with Gasteiger partial charge in [-0.3, -0.25) is 4.72 Å². The fourth-order valence-corrected chi connectivity index (χ4v) is 6.91. The van der Waals surface area contributed by atoms with Crippen molar-refractivity contribution < 1.29 is 17.7 Å². The van der Waals surface area contributed by atoms with Crippen LogP contribution in [0.5, 0.6) is 5.75 Å². The molecule has 3 unspecified atom stereocenters. The fraction of sp³-hybridized carbons (Fsp3) is 0.682. The van der Waals surface area contributed by atoms with E-state index in [4.69, 9.17) is 9.26 Å². The molecule has 29 heavy (non-hydrogen) atoms. The summed E-state index contributed by atoms with van der Waals surface area (Å²) >= 11 is 0. The molecule has 5 aliphatic carbocycles. The summed E-state index contributed by atoms with van der Waals surface area (Å²) < 4.78 is 38.0. The minimum absolute atomic E-state index is 0.265. The summed E-state index contributed by atoms with van der Waals surface area (Å²) in [5, 5.41) is 4.67.